The van der Waals surface area contributed by atoms with E-state index in [4.69, 9.17) is 11.6 Å². The van der Waals surface area contributed by atoms with Gasteiger partial charge in [-0.25, -0.2) is 0 Å². The van der Waals surface area contributed by atoms with Crippen LogP contribution in [0.4, 0.5) is 0 Å². The van der Waals surface area contributed by atoms with Crippen LogP contribution < -0.4 is 0 Å². The van der Waals surface area contributed by atoms with E-state index in [2.05, 4.69) is 11.0 Å². The Morgan fingerprint density at radius 2 is 1.76 bits per heavy atom. The number of piperidine rings is 1. The second-order valence-electron chi connectivity index (χ2n) is 4.74. The Morgan fingerprint density at radius 3 is 2.29 bits per heavy atom. The van der Waals surface area contributed by atoms with Crippen LogP contribution in [-0.4, -0.2) is 18.0 Å². The van der Waals surface area contributed by atoms with E-state index in [0.29, 0.717) is 5.02 Å². The number of halogens is 1. The molecule has 2 rings (SSSR count). The Bertz CT molecular complexity index is 415. The molecule has 90 valence electrons. The third-order valence-corrected chi connectivity index (χ3v) is 3.86. The summed E-state index contributed by atoms with van der Waals surface area (Å²) in [6.07, 6.45) is 3.65. The Morgan fingerprint density at radius 1 is 1.18 bits per heavy atom. The van der Waals surface area contributed by atoms with Crippen molar-refractivity contribution in [2.24, 2.45) is 0 Å². The zero-order chi connectivity index (χ0) is 12.3. The van der Waals surface area contributed by atoms with Crippen molar-refractivity contribution in [1.29, 1.82) is 5.26 Å². The highest BCUT2D eigenvalue weighted by atomic mass is 35.5. The molecule has 0 aromatic heterocycles. The predicted molar refractivity (Wildman–Crippen MR) is 69.8 cm³/mol. The van der Waals surface area contributed by atoms with Crippen LogP contribution in [0.25, 0.3) is 0 Å². The summed E-state index contributed by atoms with van der Waals surface area (Å²) in [5.41, 5.74) is 0.511. The largest absolute Gasteiger partial charge is 0.282 e. The molecular weight excluding hydrogens is 232 g/mol. The van der Waals surface area contributed by atoms with Crippen LogP contribution in [0, 0.1) is 11.3 Å². The number of rotatable bonds is 2. The summed E-state index contributed by atoms with van der Waals surface area (Å²) in [6, 6.07) is 10.1. The van der Waals surface area contributed by atoms with Gasteiger partial charge in [0.15, 0.2) is 0 Å². The molecule has 1 fully saturated rings. The van der Waals surface area contributed by atoms with Crippen LogP contribution in [0.15, 0.2) is 24.3 Å². The second-order valence-corrected chi connectivity index (χ2v) is 5.18. The van der Waals surface area contributed by atoms with Crippen molar-refractivity contribution in [2.75, 3.05) is 13.1 Å². The SMILES string of the molecule is CC(C#N)(c1ccc(Cl)cc1)N1CCCCC1. The maximum atomic E-state index is 9.54. The molecule has 0 bridgehead atoms. The third-order valence-electron chi connectivity index (χ3n) is 3.61. The van der Waals surface area contributed by atoms with Crippen molar-refractivity contribution in [2.45, 2.75) is 31.7 Å². The van der Waals surface area contributed by atoms with Crippen LogP contribution in [-0.2, 0) is 5.54 Å². The van der Waals surface area contributed by atoms with Gasteiger partial charge in [0.1, 0.15) is 5.54 Å². The Hall–Kier alpha value is -1.04. The monoisotopic (exact) mass is 248 g/mol. The molecule has 0 saturated carbocycles. The van der Waals surface area contributed by atoms with E-state index in [1.165, 1.54) is 19.3 Å². The molecule has 1 saturated heterocycles. The smallest absolute Gasteiger partial charge is 0.131 e. The highest BCUT2D eigenvalue weighted by molar-refractivity contribution is 6.30. The van der Waals surface area contributed by atoms with Gasteiger partial charge in [-0.2, -0.15) is 5.26 Å². The minimum absolute atomic E-state index is 0.523. The van der Waals surface area contributed by atoms with E-state index >= 15 is 0 Å². The first kappa shape index (κ1) is 12.4. The van der Waals surface area contributed by atoms with E-state index in [1.807, 2.05) is 31.2 Å². The van der Waals surface area contributed by atoms with Crippen LogP contribution in [0.5, 0.6) is 0 Å². The number of benzene rings is 1. The third kappa shape index (κ3) is 2.46. The number of hydrogen-bond donors (Lipinski definition) is 0. The molecule has 1 heterocycles. The van der Waals surface area contributed by atoms with Crippen molar-refractivity contribution < 1.29 is 0 Å². The average Bonchev–Trinajstić information content (AvgIpc) is 2.40. The van der Waals surface area contributed by atoms with Crippen molar-refractivity contribution in [3.8, 4) is 6.07 Å². The van der Waals surface area contributed by atoms with E-state index in [-0.39, 0.29) is 0 Å². The number of hydrogen-bond acceptors (Lipinski definition) is 2. The van der Waals surface area contributed by atoms with Gasteiger partial charge in [0.25, 0.3) is 0 Å². The van der Waals surface area contributed by atoms with Crippen LogP contribution in [0.1, 0.15) is 31.7 Å². The van der Waals surface area contributed by atoms with Gasteiger partial charge >= 0.3 is 0 Å². The zero-order valence-electron chi connectivity index (χ0n) is 10.1. The normalized spacial score (nSPS) is 20.5. The fourth-order valence-electron chi connectivity index (χ4n) is 2.43. The fraction of sp³-hybridized carbons (Fsp3) is 0.500. The summed E-state index contributed by atoms with van der Waals surface area (Å²) in [5.74, 6) is 0. The van der Waals surface area contributed by atoms with Gasteiger partial charge in [-0.3, -0.25) is 4.90 Å². The quantitative estimate of drug-likeness (QED) is 0.800. The van der Waals surface area contributed by atoms with Crippen LogP contribution in [0.2, 0.25) is 5.02 Å². The fourth-order valence-corrected chi connectivity index (χ4v) is 2.56. The lowest BCUT2D eigenvalue weighted by Gasteiger charge is -2.38. The van der Waals surface area contributed by atoms with E-state index in [1.54, 1.807) is 0 Å². The topological polar surface area (TPSA) is 27.0 Å². The van der Waals surface area contributed by atoms with Crippen LogP contribution in [0.3, 0.4) is 0 Å². The zero-order valence-corrected chi connectivity index (χ0v) is 10.9. The Labute approximate surface area is 108 Å². The lowest BCUT2D eigenvalue weighted by molar-refractivity contribution is 0.123. The molecule has 0 aliphatic carbocycles. The second kappa shape index (κ2) is 5.08. The standard InChI is InChI=1S/C14H17ClN2/c1-14(11-16,17-9-3-2-4-10-17)12-5-7-13(15)8-6-12/h5-8H,2-4,9-10H2,1H3. The van der Waals surface area contributed by atoms with Crippen molar-refractivity contribution in [3.63, 3.8) is 0 Å². The van der Waals surface area contributed by atoms with Gasteiger partial charge in [-0.1, -0.05) is 30.2 Å². The lowest BCUT2D eigenvalue weighted by Crippen LogP contribution is -2.45. The first-order valence-corrected chi connectivity index (χ1v) is 6.47. The molecular formula is C14H17ClN2. The summed E-state index contributed by atoms with van der Waals surface area (Å²) in [7, 11) is 0. The van der Waals surface area contributed by atoms with Crippen LogP contribution >= 0.6 is 11.6 Å². The Balaban J connectivity index is 2.30. The minimum atomic E-state index is -0.523. The molecule has 0 amide bonds. The molecule has 1 aromatic carbocycles. The molecule has 0 radical (unpaired) electrons. The molecule has 0 N–H and O–H groups in total. The summed E-state index contributed by atoms with van der Waals surface area (Å²) in [5, 5.41) is 10.3. The molecule has 1 aliphatic heterocycles. The highest BCUT2D eigenvalue weighted by Gasteiger charge is 2.34. The molecule has 1 atom stereocenters. The molecule has 1 aliphatic rings. The number of nitrogens with zero attached hydrogens (tertiary/aromatic N) is 2. The average molecular weight is 249 g/mol. The van der Waals surface area contributed by atoms with Gasteiger partial charge in [-0.05, 0) is 50.6 Å². The van der Waals surface area contributed by atoms with Gasteiger partial charge < -0.3 is 0 Å². The van der Waals surface area contributed by atoms with E-state index in [9.17, 15) is 5.26 Å². The lowest BCUT2D eigenvalue weighted by atomic mass is 9.89. The maximum Gasteiger partial charge on any atom is 0.131 e. The summed E-state index contributed by atoms with van der Waals surface area (Å²) in [4.78, 5) is 2.28. The van der Waals surface area contributed by atoms with Crippen molar-refractivity contribution >= 4 is 11.6 Å². The van der Waals surface area contributed by atoms with Gasteiger partial charge in [0.2, 0.25) is 0 Å². The molecule has 3 heteroatoms. The van der Waals surface area contributed by atoms with E-state index < -0.39 is 5.54 Å². The summed E-state index contributed by atoms with van der Waals surface area (Å²) in [6.45, 7) is 4.01. The summed E-state index contributed by atoms with van der Waals surface area (Å²) < 4.78 is 0. The first-order chi connectivity index (χ1) is 8.16. The van der Waals surface area contributed by atoms with Gasteiger partial charge in [-0.15, -0.1) is 0 Å². The molecule has 1 aromatic rings. The molecule has 1 unspecified atom stereocenters. The molecule has 2 nitrogen and oxygen atoms in total. The van der Waals surface area contributed by atoms with Gasteiger partial charge in [0.05, 0.1) is 6.07 Å². The molecule has 0 spiro atoms. The van der Waals surface area contributed by atoms with Crippen molar-refractivity contribution in [3.05, 3.63) is 34.9 Å². The van der Waals surface area contributed by atoms with E-state index in [0.717, 1.165) is 18.7 Å². The van der Waals surface area contributed by atoms with Gasteiger partial charge in [0, 0.05) is 5.02 Å². The number of nitriles is 1. The minimum Gasteiger partial charge on any atom is -0.282 e. The molecule has 17 heavy (non-hydrogen) atoms. The maximum absolute atomic E-state index is 9.54. The highest BCUT2D eigenvalue weighted by Crippen LogP contribution is 2.31. The summed E-state index contributed by atoms with van der Waals surface area (Å²) >= 11 is 5.89. The first-order valence-electron chi connectivity index (χ1n) is 6.09. The van der Waals surface area contributed by atoms with Crippen molar-refractivity contribution in [1.82, 2.24) is 4.90 Å². The number of likely N-dealkylation sites (tertiary alicyclic amines) is 1. The Kier molecular flexibility index (Phi) is 3.71. The predicted octanol–water partition coefficient (Wildman–Crippen LogP) is 3.56.